The lowest BCUT2D eigenvalue weighted by atomic mass is 9.95. The molecule has 4 atom stereocenters. The Morgan fingerprint density at radius 3 is 2.75 bits per heavy atom. The molecule has 1 heterocycles. The number of nitrogens with zero attached hydrogens (tertiary/aromatic N) is 1. The molecule has 3 unspecified atom stereocenters. The monoisotopic (exact) mass is 302 g/mol. The van der Waals surface area contributed by atoms with Crippen molar-refractivity contribution in [2.75, 3.05) is 18.9 Å². The van der Waals surface area contributed by atoms with Gasteiger partial charge in [0.2, 0.25) is 0 Å². The lowest BCUT2D eigenvalue weighted by molar-refractivity contribution is 0.153. The molecule has 2 rings (SSSR count). The number of carbonyl (C=O) groups excluding carboxylic acids is 1. The Morgan fingerprint density at radius 1 is 1.30 bits per heavy atom. The average Bonchev–Trinajstić information content (AvgIpc) is 2.95. The predicted octanol–water partition coefficient (Wildman–Crippen LogP) is 1.23. The highest BCUT2D eigenvalue weighted by atomic mass is 32.2. The normalized spacial score (nSPS) is 32.1. The van der Waals surface area contributed by atoms with Crippen LogP contribution in [0.4, 0.5) is 4.79 Å². The Balaban J connectivity index is 1.96. The van der Waals surface area contributed by atoms with Gasteiger partial charge in [0.05, 0.1) is 17.9 Å². The zero-order valence-corrected chi connectivity index (χ0v) is 13.0. The van der Waals surface area contributed by atoms with Crippen LogP contribution in [0.5, 0.6) is 0 Å². The molecule has 2 N–H and O–H groups in total. The summed E-state index contributed by atoms with van der Waals surface area (Å²) in [7, 11) is -0.855. The quantitative estimate of drug-likeness (QED) is 0.821. The van der Waals surface area contributed by atoms with E-state index in [1.807, 2.05) is 6.92 Å². The number of aliphatic hydroxyl groups excluding tert-OH is 1. The van der Waals surface area contributed by atoms with E-state index < -0.39 is 10.8 Å². The van der Waals surface area contributed by atoms with E-state index in [0.717, 1.165) is 38.5 Å². The van der Waals surface area contributed by atoms with Crippen LogP contribution in [0.15, 0.2) is 0 Å². The van der Waals surface area contributed by atoms with Crippen LogP contribution < -0.4 is 5.32 Å². The highest BCUT2D eigenvalue weighted by molar-refractivity contribution is 7.85. The Bertz CT molecular complexity index is 364. The van der Waals surface area contributed by atoms with Crippen LogP contribution in [-0.2, 0) is 10.8 Å². The minimum absolute atomic E-state index is 0.0250. The number of hydrogen-bond acceptors (Lipinski definition) is 3. The van der Waals surface area contributed by atoms with E-state index in [0.29, 0.717) is 12.3 Å². The molecule has 1 aliphatic heterocycles. The first kappa shape index (κ1) is 15.8. The summed E-state index contributed by atoms with van der Waals surface area (Å²) in [6.07, 6.45) is 5.87. The number of aliphatic hydroxyl groups is 1. The Labute approximate surface area is 123 Å². The molecule has 0 aromatic heterocycles. The van der Waals surface area contributed by atoms with E-state index in [1.165, 1.54) is 0 Å². The third-order valence-electron chi connectivity index (χ3n) is 4.48. The first-order chi connectivity index (χ1) is 9.67. The van der Waals surface area contributed by atoms with E-state index in [9.17, 15) is 14.1 Å². The van der Waals surface area contributed by atoms with E-state index in [-0.39, 0.29) is 30.0 Å². The largest absolute Gasteiger partial charge is 0.394 e. The highest BCUT2D eigenvalue weighted by Crippen LogP contribution is 2.24. The molecule has 1 saturated heterocycles. The maximum absolute atomic E-state index is 12.3. The maximum Gasteiger partial charge on any atom is 0.317 e. The molecule has 5 nitrogen and oxygen atoms in total. The number of urea groups is 1. The molecule has 2 aliphatic rings. The summed E-state index contributed by atoms with van der Waals surface area (Å²) in [5.74, 6) is 0.653. The summed E-state index contributed by atoms with van der Waals surface area (Å²) >= 11 is 0. The molecule has 0 spiro atoms. The molecule has 1 aliphatic carbocycles. The standard InChI is InChI=1S/C14H26N2O3S/c1-2-20(19)13-8-4-3-7-12(13)15-14(18)16-9-5-6-11(16)10-17/h11-13,17H,2-10H2,1H3,(H,15,18)/t11-,12?,13?,20?/m0/s1. The Hall–Kier alpha value is -0.620. The lowest BCUT2D eigenvalue weighted by Gasteiger charge is -2.33. The second-order valence-corrected chi connectivity index (χ2v) is 7.66. The van der Waals surface area contributed by atoms with E-state index in [4.69, 9.17) is 0 Å². The number of hydrogen-bond donors (Lipinski definition) is 2. The molecule has 20 heavy (non-hydrogen) atoms. The topological polar surface area (TPSA) is 69.6 Å². The van der Waals surface area contributed by atoms with Crippen LogP contribution in [-0.4, -0.2) is 56.5 Å². The molecule has 0 aromatic rings. The summed E-state index contributed by atoms with van der Waals surface area (Å²) in [5, 5.41) is 12.5. The molecule has 6 heteroatoms. The van der Waals surface area contributed by atoms with Gasteiger partial charge in [-0.25, -0.2) is 4.79 Å². The van der Waals surface area contributed by atoms with Crippen LogP contribution in [0.2, 0.25) is 0 Å². The van der Waals surface area contributed by atoms with Gasteiger partial charge < -0.3 is 15.3 Å². The zero-order chi connectivity index (χ0) is 14.5. The number of likely N-dealkylation sites (tertiary alicyclic amines) is 1. The third kappa shape index (κ3) is 3.52. The first-order valence-corrected chi connectivity index (χ1v) is 9.10. The molecule has 1 saturated carbocycles. The SMILES string of the molecule is CCS(=O)C1CCCCC1NC(=O)N1CCC[C@H]1CO. The van der Waals surface area contributed by atoms with Crippen LogP contribution in [0.25, 0.3) is 0 Å². The van der Waals surface area contributed by atoms with Crippen molar-refractivity contribution in [3.63, 3.8) is 0 Å². The van der Waals surface area contributed by atoms with Gasteiger partial charge in [0.25, 0.3) is 0 Å². The predicted molar refractivity (Wildman–Crippen MR) is 80.1 cm³/mol. The van der Waals surface area contributed by atoms with Crippen molar-refractivity contribution >= 4 is 16.8 Å². The third-order valence-corrected chi connectivity index (χ3v) is 6.29. The zero-order valence-electron chi connectivity index (χ0n) is 12.2. The van der Waals surface area contributed by atoms with Crippen LogP contribution >= 0.6 is 0 Å². The van der Waals surface area contributed by atoms with Crippen molar-refractivity contribution in [1.29, 1.82) is 0 Å². The van der Waals surface area contributed by atoms with E-state index in [2.05, 4.69) is 5.32 Å². The summed E-state index contributed by atoms with van der Waals surface area (Å²) in [4.78, 5) is 14.1. The Morgan fingerprint density at radius 2 is 2.05 bits per heavy atom. The fraction of sp³-hybridized carbons (Fsp3) is 0.929. The van der Waals surface area contributed by atoms with E-state index >= 15 is 0 Å². The van der Waals surface area contributed by atoms with Gasteiger partial charge in [-0.2, -0.15) is 0 Å². The van der Waals surface area contributed by atoms with Crippen LogP contribution in [0.3, 0.4) is 0 Å². The fourth-order valence-corrected chi connectivity index (χ4v) is 4.75. The molecule has 116 valence electrons. The molecule has 0 bridgehead atoms. The van der Waals surface area contributed by atoms with Gasteiger partial charge in [-0.1, -0.05) is 19.8 Å². The van der Waals surface area contributed by atoms with Crippen LogP contribution in [0, 0.1) is 0 Å². The fourth-order valence-electron chi connectivity index (χ4n) is 3.33. The summed E-state index contributed by atoms with van der Waals surface area (Å²) in [6.45, 7) is 2.68. The van der Waals surface area contributed by atoms with Crippen molar-refractivity contribution in [1.82, 2.24) is 10.2 Å². The van der Waals surface area contributed by atoms with Crippen LogP contribution in [0.1, 0.15) is 45.4 Å². The molecular weight excluding hydrogens is 276 g/mol. The second kappa shape index (κ2) is 7.41. The molecular formula is C14H26N2O3S. The van der Waals surface area contributed by atoms with Gasteiger partial charge in [-0.05, 0) is 25.7 Å². The smallest absolute Gasteiger partial charge is 0.317 e. The number of carbonyl (C=O) groups is 1. The van der Waals surface area contributed by atoms with Gasteiger partial charge in [0.1, 0.15) is 0 Å². The van der Waals surface area contributed by atoms with E-state index in [1.54, 1.807) is 4.90 Å². The van der Waals surface area contributed by atoms with Gasteiger partial charge >= 0.3 is 6.03 Å². The highest BCUT2D eigenvalue weighted by Gasteiger charge is 2.34. The van der Waals surface area contributed by atoms with Crippen molar-refractivity contribution in [2.45, 2.75) is 62.8 Å². The number of rotatable bonds is 4. The minimum Gasteiger partial charge on any atom is -0.394 e. The minimum atomic E-state index is -0.855. The number of nitrogens with one attached hydrogen (secondary N) is 1. The Kier molecular flexibility index (Phi) is 5.84. The maximum atomic E-state index is 12.3. The molecule has 2 amide bonds. The second-order valence-electron chi connectivity index (χ2n) is 5.72. The number of amides is 2. The van der Waals surface area contributed by atoms with Crippen molar-refractivity contribution in [3.8, 4) is 0 Å². The molecule has 0 radical (unpaired) electrons. The first-order valence-electron chi connectivity index (χ1n) is 7.72. The van der Waals surface area contributed by atoms with Crippen molar-refractivity contribution in [2.24, 2.45) is 0 Å². The summed E-state index contributed by atoms with van der Waals surface area (Å²) in [6, 6.07) is -0.114. The van der Waals surface area contributed by atoms with Crippen molar-refractivity contribution < 1.29 is 14.1 Å². The van der Waals surface area contributed by atoms with Gasteiger partial charge in [-0.3, -0.25) is 4.21 Å². The molecule has 2 fully saturated rings. The van der Waals surface area contributed by atoms with Gasteiger partial charge in [0, 0.05) is 29.1 Å². The summed E-state index contributed by atoms with van der Waals surface area (Å²) < 4.78 is 12.1. The average molecular weight is 302 g/mol. The van der Waals surface area contributed by atoms with Gasteiger partial charge in [0.15, 0.2) is 0 Å². The molecule has 0 aromatic carbocycles. The summed E-state index contributed by atoms with van der Waals surface area (Å²) in [5.41, 5.74) is 0. The van der Waals surface area contributed by atoms with Crippen molar-refractivity contribution in [3.05, 3.63) is 0 Å². The lowest BCUT2D eigenvalue weighted by Crippen LogP contribution is -2.53. The van der Waals surface area contributed by atoms with Gasteiger partial charge in [-0.15, -0.1) is 0 Å².